The fourth-order valence-electron chi connectivity index (χ4n) is 9.33. The summed E-state index contributed by atoms with van der Waals surface area (Å²) in [6, 6.07) is 77.2. The van der Waals surface area contributed by atoms with E-state index in [0.717, 1.165) is 23.5 Å². The van der Waals surface area contributed by atoms with Crippen LogP contribution in [-0.2, 0) is 6.42 Å². The minimum absolute atomic E-state index is 0.0757. The maximum Gasteiger partial charge on any atom is 0.0788 e. The third kappa shape index (κ3) is 5.73. The van der Waals surface area contributed by atoms with Crippen molar-refractivity contribution in [1.29, 1.82) is 0 Å². The monoisotopic (exact) mass is 740 g/mol. The molecule has 2 heteroatoms. The molecule has 9 aromatic rings. The van der Waals surface area contributed by atoms with Crippen LogP contribution in [-0.4, -0.2) is 6.04 Å². The molecular weight excluding hydrogens is 701 g/mol. The molecule has 2 nitrogen and oxygen atoms in total. The maximum atomic E-state index is 2.55. The first-order chi connectivity index (χ1) is 28.8. The molecule has 0 spiro atoms. The second kappa shape index (κ2) is 14.3. The zero-order valence-corrected chi connectivity index (χ0v) is 32.0. The Morgan fingerprint density at radius 2 is 1.00 bits per heavy atom. The Balaban J connectivity index is 1.23. The van der Waals surface area contributed by atoms with Gasteiger partial charge in [0.15, 0.2) is 0 Å². The summed E-state index contributed by atoms with van der Waals surface area (Å²) >= 11 is 0. The average molecular weight is 741 g/mol. The number of allylic oxidation sites excluding steroid dienone is 1. The van der Waals surface area contributed by atoms with Crippen molar-refractivity contribution in [3.05, 3.63) is 247 Å². The van der Waals surface area contributed by atoms with E-state index in [1.54, 1.807) is 0 Å². The first-order valence-corrected chi connectivity index (χ1v) is 20.2. The van der Waals surface area contributed by atoms with Crippen LogP contribution in [0.5, 0.6) is 0 Å². The predicted octanol–water partition coefficient (Wildman–Crippen LogP) is 14.7. The van der Waals surface area contributed by atoms with Crippen LogP contribution in [0.4, 0.5) is 28.4 Å². The number of anilines is 5. The molecule has 1 unspecified atom stereocenters. The summed E-state index contributed by atoms with van der Waals surface area (Å²) in [6.07, 6.45) is 5.87. The Bertz CT molecular complexity index is 2970. The van der Waals surface area contributed by atoms with Gasteiger partial charge in [-0.15, -0.1) is 0 Å². The van der Waals surface area contributed by atoms with Gasteiger partial charge in [0, 0.05) is 28.1 Å². The van der Waals surface area contributed by atoms with Crippen molar-refractivity contribution >= 4 is 61.1 Å². The van der Waals surface area contributed by atoms with E-state index in [0.29, 0.717) is 0 Å². The van der Waals surface area contributed by atoms with Crippen LogP contribution in [0.3, 0.4) is 0 Å². The molecule has 274 valence electrons. The molecule has 0 amide bonds. The predicted molar refractivity (Wildman–Crippen MR) is 246 cm³/mol. The van der Waals surface area contributed by atoms with Gasteiger partial charge < -0.3 is 9.80 Å². The number of benzene rings is 9. The van der Waals surface area contributed by atoms with Gasteiger partial charge in [0.2, 0.25) is 0 Å². The summed E-state index contributed by atoms with van der Waals surface area (Å²) in [5, 5.41) is 5.05. The lowest BCUT2D eigenvalue weighted by Crippen LogP contribution is -2.34. The topological polar surface area (TPSA) is 6.48 Å². The largest absolute Gasteiger partial charge is 0.330 e. The van der Waals surface area contributed by atoms with E-state index >= 15 is 0 Å². The van der Waals surface area contributed by atoms with Crippen molar-refractivity contribution < 1.29 is 0 Å². The molecule has 0 aliphatic heterocycles. The quantitative estimate of drug-likeness (QED) is 0.153. The Morgan fingerprint density at radius 3 is 1.66 bits per heavy atom. The van der Waals surface area contributed by atoms with Gasteiger partial charge in [0.05, 0.1) is 11.7 Å². The average Bonchev–Trinajstić information content (AvgIpc) is 3.30. The highest BCUT2D eigenvalue weighted by atomic mass is 15.2. The number of rotatable bonds is 8. The lowest BCUT2D eigenvalue weighted by molar-refractivity contribution is 0.947. The van der Waals surface area contributed by atoms with Gasteiger partial charge in [-0.2, -0.15) is 0 Å². The van der Waals surface area contributed by atoms with Crippen LogP contribution < -0.4 is 9.80 Å². The summed E-state index contributed by atoms with van der Waals surface area (Å²) in [7, 11) is 0. The standard InChI is InChI=1S/C56H40N2/c1-6-19-40(20-7-1)51-37-53(57(43-24-10-3-11-25-43)44-26-12-4-13-27-44)49-34-32-48-52(41-21-8-2-9-22-41)38-54(50-35-33-47(51)55(49)56(48)50)58(45-28-14-5-15-29-45)46-31-30-39-18-16-17-23-42(39)36-46/h1-32,34-38,54H,33H2. The fraction of sp³-hybridized carbons (Fsp3) is 0.0357. The van der Waals surface area contributed by atoms with Crippen molar-refractivity contribution in [2.45, 2.75) is 12.5 Å². The summed E-state index contributed by atoms with van der Waals surface area (Å²) in [5.41, 5.74) is 16.0. The first kappa shape index (κ1) is 33.9. The smallest absolute Gasteiger partial charge is 0.0788 e. The van der Waals surface area contributed by atoms with E-state index < -0.39 is 0 Å². The summed E-state index contributed by atoms with van der Waals surface area (Å²) < 4.78 is 0. The molecule has 0 saturated carbocycles. The minimum atomic E-state index is -0.0757. The summed E-state index contributed by atoms with van der Waals surface area (Å²) in [4.78, 5) is 4.99. The normalized spacial score (nSPS) is 14.2. The number of hydrogen-bond donors (Lipinski definition) is 0. The lowest BCUT2D eigenvalue weighted by atomic mass is 9.73. The molecule has 0 N–H and O–H groups in total. The molecule has 1 atom stereocenters. The van der Waals surface area contributed by atoms with Crippen LogP contribution in [0.25, 0.3) is 43.8 Å². The van der Waals surface area contributed by atoms with Crippen molar-refractivity contribution in [3.63, 3.8) is 0 Å². The molecule has 11 rings (SSSR count). The second-order valence-electron chi connectivity index (χ2n) is 15.2. The van der Waals surface area contributed by atoms with E-state index in [2.05, 4.69) is 234 Å². The molecule has 0 fully saturated rings. The summed E-state index contributed by atoms with van der Waals surface area (Å²) in [6.45, 7) is 0. The number of hydrogen-bond acceptors (Lipinski definition) is 2. The number of nitrogens with zero attached hydrogens (tertiary/aromatic N) is 2. The zero-order chi connectivity index (χ0) is 38.4. The summed E-state index contributed by atoms with van der Waals surface area (Å²) in [5.74, 6) is 0. The lowest BCUT2D eigenvalue weighted by Gasteiger charge is -2.40. The zero-order valence-electron chi connectivity index (χ0n) is 32.0. The van der Waals surface area contributed by atoms with Crippen LogP contribution >= 0.6 is 0 Å². The Kier molecular flexibility index (Phi) is 8.33. The maximum absolute atomic E-state index is 2.55. The molecule has 0 heterocycles. The highest BCUT2D eigenvalue weighted by molar-refractivity contribution is 6.14. The molecule has 0 aromatic heterocycles. The van der Waals surface area contributed by atoms with Crippen LogP contribution in [0, 0.1) is 0 Å². The van der Waals surface area contributed by atoms with Gasteiger partial charge in [-0.1, -0.05) is 164 Å². The van der Waals surface area contributed by atoms with Gasteiger partial charge in [-0.05, 0) is 128 Å². The van der Waals surface area contributed by atoms with Gasteiger partial charge in [-0.3, -0.25) is 0 Å². The molecule has 9 aromatic carbocycles. The third-order valence-corrected chi connectivity index (χ3v) is 11.9. The SMILES string of the molecule is C1=C(c2ccccc2)c2ccc3c(N(c4ccccc4)c4ccccc4)cc(-c4ccccc4)c4c3c2C(=CC4)C1N(c1ccccc1)c1ccc2ccccc2c1. The molecular formula is C56H40N2. The van der Waals surface area contributed by atoms with Crippen molar-refractivity contribution in [2.75, 3.05) is 9.80 Å². The Labute approximate surface area is 339 Å². The molecule has 2 aliphatic rings. The van der Waals surface area contributed by atoms with Gasteiger partial charge in [-0.25, -0.2) is 0 Å². The van der Waals surface area contributed by atoms with Crippen molar-refractivity contribution in [1.82, 2.24) is 0 Å². The highest BCUT2D eigenvalue weighted by Gasteiger charge is 2.36. The van der Waals surface area contributed by atoms with Gasteiger partial charge >= 0.3 is 0 Å². The molecule has 2 aliphatic carbocycles. The van der Waals surface area contributed by atoms with Gasteiger partial charge in [0.1, 0.15) is 0 Å². The number of para-hydroxylation sites is 3. The molecule has 0 saturated heterocycles. The van der Waals surface area contributed by atoms with E-state index in [4.69, 9.17) is 0 Å². The van der Waals surface area contributed by atoms with E-state index in [-0.39, 0.29) is 6.04 Å². The van der Waals surface area contributed by atoms with E-state index in [1.165, 1.54) is 77.4 Å². The van der Waals surface area contributed by atoms with Crippen LogP contribution in [0.1, 0.15) is 22.3 Å². The Hall–Kier alpha value is -7.42. The van der Waals surface area contributed by atoms with Crippen molar-refractivity contribution in [2.24, 2.45) is 0 Å². The van der Waals surface area contributed by atoms with E-state index in [9.17, 15) is 0 Å². The highest BCUT2D eigenvalue weighted by Crippen LogP contribution is 2.53. The number of fused-ring (bicyclic) bond motifs is 1. The molecule has 58 heavy (non-hydrogen) atoms. The molecule has 0 bridgehead atoms. The van der Waals surface area contributed by atoms with E-state index in [1.807, 2.05) is 0 Å². The first-order valence-electron chi connectivity index (χ1n) is 20.2. The van der Waals surface area contributed by atoms with Crippen LogP contribution in [0.2, 0.25) is 0 Å². The second-order valence-corrected chi connectivity index (χ2v) is 15.2. The fourth-order valence-corrected chi connectivity index (χ4v) is 9.33. The van der Waals surface area contributed by atoms with Crippen molar-refractivity contribution in [3.8, 4) is 11.1 Å². The minimum Gasteiger partial charge on any atom is -0.330 e. The molecule has 0 radical (unpaired) electrons. The Morgan fingerprint density at radius 1 is 0.431 bits per heavy atom. The third-order valence-electron chi connectivity index (χ3n) is 11.9. The van der Waals surface area contributed by atoms with Crippen LogP contribution in [0.15, 0.2) is 224 Å². The van der Waals surface area contributed by atoms with Gasteiger partial charge in [0.25, 0.3) is 0 Å².